The fourth-order valence-electron chi connectivity index (χ4n) is 6.83. The van der Waals surface area contributed by atoms with E-state index in [2.05, 4.69) is 63.2 Å². The number of carbonyl (C=O) groups is 6. The van der Waals surface area contributed by atoms with Gasteiger partial charge in [-0.15, -0.1) is 0 Å². The molecule has 15 heteroatoms. The van der Waals surface area contributed by atoms with Gasteiger partial charge in [0.25, 0.3) is 0 Å². The molecule has 1 saturated heterocycles. The number of aliphatic carboxylic acids is 1. The Labute approximate surface area is 385 Å². The molecule has 7 atom stereocenters. The molecular formula is C46H88N4O8S3. The van der Waals surface area contributed by atoms with E-state index in [9.17, 15) is 33.9 Å². The van der Waals surface area contributed by atoms with Gasteiger partial charge in [0, 0.05) is 41.6 Å². The van der Waals surface area contributed by atoms with Crippen molar-refractivity contribution in [3.63, 3.8) is 0 Å². The van der Waals surface area contributed by atoms with Gasteiger partial charge in [0.2, 0.25) is 23.6 Å². The van der Waals surface area contributed by atoms with E-state index in [-0.39, 0.29) is 83.6 Å². The number of rotatable bonds is 29. The third-order valence-electron chi connectivity index (χ3n) is 10.8. The second-order valence-corrected chi connectivity index (χ2v) is 20.2. The Kier molecular flexibility index (Phi) is 36.4. The lowest BCUT2D eigenvalue weighted by molar-refractivity contribution is -0.143. The monoisotopic (exact) mass is 921 g/mol. The number of hydrogen-bond donors (Lipinski definition) is 6. The highest BCUT2D eigenvalue weighted by molar-refractivity contribution is 7.99. The zero-order chi connectivity index (χ0) is 47.1. The molecular weight excluding hydrogens is 833 g/mol. The number of hydrogen-bond acceptors (Lipinski definition) is 10. The average molecular weight is 921 g/mol. The lowest BCUT2D eigenvalue weighted by atomic mass is 9.98. The minimum Gasteiger partial charge on any atom is -0.480 e. The van der Waals surface area contributed by atoms with Gasteiger partial charge in [-0.2, -0.15) is 36.2 Å². The molecule has 5 N–H and O–H groups in total. The molecule has 0 aliphatic carbocycles. The van der Waals surface area contributed by atoms with Crippen molar-refractivity contribution in [1.29, 1.82) is 0 Å². The number of carbonyl (C=O) groups excluding carboxylic acids is 5. The van der Waals surface area contributed by atoms with Crippen molar-refractivity contribution in [2.45, 2.75) is 178 Å². The van der Waals surface area contributed by atoms with E-state index in [0.29, 0.717) is 12.3 Å². The standard InChI is InChI=1S/C17H32N2O3S.C15H29NO2S.C14H27NO3S/c1-4-5-7-13(11-23)16(21)18-15(12(2)3)17(22)19-9-6-8-14(19)10-20;1-6-8-9-13(10-19-7-2)15(18)16-14(11(3)4)12(5)17;1-5-7-8-11(9-19-6-2)13(16)15-12(10(3)4)14(17)18/h12-15,20,23H,4-11H2,1-3H3,(H,18,21);11,13-14H,6-10H2,1-5H3,(H,16,18);10-12H,5-9H2,1-4H3,(H,15,16)(H,17,18)/t13?,14-,15-;13?,14-;11?,12-/m000/s1. The number of likely N-dealkylation sites (tertiary alicyclic amines) is 1. The van der Waals surface area contributed by atoms with Crippen LogP contribution in [0.15, 0.2) is 0 Å². The van der Waals surface area contributed by atoms with Crippen LogP contribution in [0.1, 0.15) is 154 Å². The van der Waals surface area contributed by atoms with Crippen molar-refractivity contribution >= 4 is 71.5 Å². The van der Waals surface area contributed by atoms with Gasteiger partial charge >= 0.3 is 5.97 Å². The summed E-state index contributed by atoms with van der Waals surface area (Å²) in [5.74, 6) is 2.83. The second-order valence-electron chi connectivity index (χ2n) is 17.2. The highest BCUT2D eigenvalue weighted by Crippen LogP contribution is 2.21. The van der Waals surface area contributed by atoms with Crippen LogP contribution in [0.4, 0.5) is 0 Å². The first-order valence-electron chi connectivity index (χ1n) is 23.1. The molecule has 4 amide bonds. The highest BCUT2D eigenvalue weighted by Gasteiger charge is 2.36. The van der Waals surface area contributed by atoms with Crippen LogP contribution in [0.25, 0.3) is 0 Å². The molecule has 1 rings (SSSR count). The molecule has 358 valence electrons. The van der Waals surface area contributed by atoms with Gasteiger partial charge in [0.05, 0.1) is 18.7 Å². The molecule has 1 aliphatic rings. The first-order valence-corrected chi connectivity index (χ1v) is 26.1. The van der Waals surface area contributed by atoms with Crippen molar-refractivity contribution in [3.05, 3.63) is 0 Å². The van der Waals surface area contributed by atoms with E-state index in [1.165, 1.54) is 0 Å². The Hall–Kier alpha value is -1.97. The summed E-state index contributed by atoms with van der Waals surface area (Å²) < 4.78 is 0. The Morgan fingerprint density at radius 3 is 1.39 bits per heavy atom. The maximum absolute atomic E-state index is 12.8. The van der Waals surface area contributed by atoms with Crippen LogP contribution in [0.3, 0.4) is 0 Å². The first-order chi connectivity index (χ1) is 28.8. The zero-order valence-electron chi connectivity index (χ0n) is 40.1. The lowest BCUT2D eigenvalue weighted by Crippen LogP contribution is -2.54. The number of thiol groups is 1. The predicted molar refractivity (Wildman–Crippen MR) is 259 cm³/mol. The third kappa shape index (κ3) is 25.8. The topological polar surface area (TPSA) is 182 Å². The van der Waals surface area contributed by atoms with Crippen molar-refractivity contribution in [2.75, 3.05) is 41.9 Å². The number of amides is 4. The molecule has 12 nitrogen and oxygen atoms in total. The van der Waals surface area contributed by atoms with Gasteiger partial charge in [-0.05, 0) is 68.3 Å². The number of carboxylic acids is 1. The van der Waals surface area contributed by atoms with Crippen LogP contribution in [0.5, 0.6) is 0 Å². The van der Waals surface area contributed by atoms with Crippen molar-refractivity contribution in [3.8, 4) is 0 Å². The van der Waals surface area contributed by atoms with Gasteiger partial charge in [0.1, 0.15) is 12.1 Å². The molecule has 0 saturated carbocycles. The third-order valence-corrected chi connectivity index (χ3v) is 13.4. The number of unbranched alkanes of at least 4 members (excludes halogenated alkanes) is 3. The molecule has 0 radical (unpaired) electrons. The van der Waals surface area contributed by atoms with Crippen LogP contribution in [0, 0.1) is 35.5 Å². The summed E-state index contributed by atoms with van der Waals surface area (Å²) in [6.07, 6.45) is 10.5. The summed E-state index contributed by atoms with van der Waals surface area (Å²) in [6.45, 7) is 24.1. The molecule has 0 aromatic rings. The fraction of sp³-hybridized carbons (Fsp3) is 0.870. The number of aliphatic hydroxyl groups is 1. The van der Waals surface area contributed by atoms with Crippen molar-refractivity contribution < 1.29 is 39.0 Å². The van der Waals surface area contributed by atoms with Crippen LogP contribution in [-0.4, -0.2) is 117 Å². The molecule has 61 heavy (non-hydrogen) atoms. The Bertz CT molecular complexity index is 1170. The maximum atomic E-state index is 12.8. The van der Waals surface area contributed by atoms with Crippen LogP contribution in [-0.2, 0) is 28.8 Å². The Morgan fingerprint density at radius 2 is 1.05 bits per heavy atom. The lowest BCUT2D eigenvalue weighted by Gasteiger charge is -2.31. The van der Waals surface area contributed by atoms with E-state index in [4.69, 9.17) is 5.11 Å². The number of Topliss-reactive ketones (excluding diaryl/α,β-unsaturated/α-hetero) is 1. The van der Waals surface area contributed by atoms with E-state index in [0.717, 1.165) is 93.6 Å². The zero-order valence-corrected chi connectivity index (χ0v) is 42.6. The van der Waals surface area contributed by atoms with E-state index in [1.54, 1.807) is 49.2 Å². The van der Waals surface area contributed by atoms with Gasteiger partial charge < -0.3 is 31.1 Å². The average Bonchev–Trinajstić information content (AvgIpc) is 3.70. The van der Waals surface area contributed by atoms with Gasteiger partial charge in [-0.3, -0.25) is 24.0 Å². The normalized spacial score (nSPS) is 16.6. The SMILES string of the molecule is CCCCC(CS)C(=O)N[C@H](C(=O)N1CCC[C@H]1CO)C(C)C.CCCCC(CSCC)C(=O)N[C@H](C(=O)O)C(C)C.CCCCC(CSCC)C(=O)N[C@H](C(C)=O)C(C)C. The summed E-state index contributed by atoms with van der Waals surface area (Å²) in [6, 6.07) is -1.77. The number of nitrogens with zero attached hydrogens (tertiary/aromatic N) is 1. The Balaban J connectivity index is 0. The number of nitrogens with one attached hydrogen (secondary N) is 3. The van der Waals surface area contributed by atoms with Crippen LogP contribution in [0.2, 0.25) is 0 Å². The van der Waals surface area contributed by atoms with Gasteiger partial charge in [0.15, 0.2) is 5.78 Å². The Morgan fingerprint density at radius 1 is 0.656 bits per heavy atom. The van der Waals surface area contributed by atoms with E-state index < -0.39 is 18.1 Å². The number of thioether (sulfide) groups is 2. The van der Waals surface area contributed by atoms with Gasteiger partial charge in [-0.1, -0.05) is 115 Å². The molecule has 1 fully saturated rings. The molecule has 0 aromatic heterocycles. The summed E-state index contributed by atoms with van der Waals surface area (Å²) in [5.41, 5.74) is 0. The molecule has 3 unspecified atom stereocenters. The summed E-state index contributed by atoms with van der Waals surface area (Å²) in [7, 11) is 0. The number of ketones is 1. The predicted octanol–water partition coefficient (Wildman–Crippen LogP) is 7.89. The smallest absolute Gasteiger partial charge is 0.326 e. The molecule has 1 heterocycles. The second kappa shape index (κ2) is 36.4. The van der Waals surface area contributed by atoms with Gasteiger partial charge in [-0.25, -0.2) is 4.79 Å². The summed E-state index contributed by atoms with van der Waals surface area (Å²) in [5, 5.41) is 27.1. The molecule has 0 aromatic carbocycles. The maximum Gasteiger partial charge on any atom is 0.326 e. The number of aliphatic hydroxyl groups excluding tert-OH is 1. The van der Waals surface area contributed by atoms with E-state index in [1.807, 2.05) is 27.7 Å². The fourth-order valence-corrected chi connectivity index (χ4v) is 8.85. The highest BCUT2D eigenvalue weighted by atomic mass is 32.2. The minimum absolute atomic E-state index is 0.0122. The summed E-state index contributed by atoms with van der Waals surface area (Å²) >= 11 is 7.80. The number of carboxylic acid groups (broad SMARTS) is 1. The molecule has 0 spiro atoms. The van der Waals surface area contributed by atoms with Crippen molar-refractivity contribution in [2.24, 2.45) is 35.5 Å². The van der Waals surface area contributed by atoms with Crippen LogP contribution >= 0.6 is 36.2 Å². The first kappa shape index (κ1) is 61.1. The molecule has 0 bridgehead atoms. The van der Waals surface area contributed by atoms with Crippen LogP contribution < -0.4 is 16.0 Å². The minimum atomic E-state index is -0.958. The van der Waals surface area contributed by atoms with Crippen molar-refractivity contribution in [1.82, 2.24) is 20.9 Å². The quantitative estimate of drug-likeness (QED) is 0.0404. The largest absolute Gasteiger partial charge is 0.480 e. The van der Waals surface area contributed by atoms with E-state index >= 15 is 0 Å². The summed E-state index contributed by atoms with van der Waals surface area (Å²) in [4.78, 5) is 74.2. The molecule has 1 aliphatic heterocycles.